The van der Waals surface area contributed by atoms with Gasteiger partial charge in [-0.3, -0.25) is 32.5 Å². The van der Waals surface area contributed by atoms with Gasteiger partial charge in [-0.2, -0.15) is 0 Å². The van der Waals surface area contributed by atoms with E-state index in [1.807, 2.05) is 12.2 Å². The molecule has 0 fully saturated rings. The van der Waals surface area contributed by atoms with E-state index in [-0.39, 0.29) is 19.3 Å². The summed E-state index contributed by atoms with van der Waals surface area (Å²) in [6, 6.07) is 0. The Balaban J connectivity index is 4.50. The second-order valence-corrected chi connectivity index (χ2v) is 31.5. The summed E-state index contributed by atoms with van der Waals surface area (Å²) < 4.78 is 61.2. The summed E-state index contributed by atoms with van der Waals surface area (Å²) in [6.07, 6.45) is 109. The summed E-state index contributed by atoms with van der Waals surface area (Å²) in [7, 11) is -9.83. The summed E-state index contributed by atoms with van der Waals surface area (Å²) in [5.74, 6) is -1.66. The first-order valence-corrected chi connectivity index (χ1v) is 46.4. The third kappa shape index (κ3) is 85.6. The van der Waals surface area contributed by atoms with Gasteiger partial charge in [0.2, 0.25) is 0 Å². The number of aliphatic hydroxyl groups is 2. The van der Waals surface area contributed by atoms with Crippen LogP contribution >= 0.6 is 15.6 Å². The number of aliphatic hydroxyl groups excluding tert-OH is 2. The average Bonchev–Trinajstić information content (AvgIpc) is 0.904. The first-order valence-electron chi connectivity index (χ1n) is 43.4. The molecule has 0 spiro atoms. The number of carbonyl (C=O) groups excluding carboxylic acids is 3. The van der Waals surface area contributed by atoms with Gasteiger partial charge in [-0.1, -0.05) is 345 Å². The molecule has 16 nitrogen and oxygen atoms in total. The van der Waals surface area contributed by atoms with Crippen LogP contribution in [0.15, 0.2) is 170 Å². The van der Waals surface area contributed by atoms with Crippen molar-refractivity contribution in [2.45, 2.75) is 360 Å². The van der Waals surface area contributed by atoms with Gasteiger partial charge in [-0.25, -0.2) is 9.13 Å². The van der Waals surface area contributed by atoms with Gasteiger partial charge in [-0.15, -0.1) is 0 Å². The second kappa shape index (κ2) is 84.3. The van der Waals surface area contributed by atoms with Crippen molar-refractivity contribution in [1.29, 1.82) is 0 Å². The van der Waals surface area contributed by atoms with Crippen molar-refractivity contribution >= 4 is 33.6 Å². The van der Waals surface area contributed by atoms with Crippen LogP contribution in [0, 0.1) is 0 Å². The molecular formula is C93H156O16P2. The Morgan fingerprint density at radius 2 is 0.486 bits per heavy atom. The van der Waals surface area contributed by atoms with Crippen LogP contribution in [0.5, 0.6) is 0 Å². The summed E-state index contributed by atoms with van der Waals surface area (Å²) >= 11 is 0. The van der Waals surface area contributed by atoms with Crippen LogP contribution in [0.25, 0.3) is 0 Å². The van der Waals surface area contributed by atoms with E-state index in [0.717, 1.165) is 148 Å². The molecule has 5 unspecified atom stereocenters. The fourth-order valence-electron chi connectivity index (χ4n) is 11.4. The van der Waals surface area contributed by atoms with Gasteiger partial charge in [0.05, 0.1) is 26.4 Å². The second-order valence-electron chi connectivity index (χ2n) is 28.6. The third-order valence-corrected chi connectivity index (χ3v) is 19.8. The van der Waals surface area contributed by atoms with Gasteiger partial charge in [0.15, 0.2) is 6.10 Å². The molecule has 18 heteroatoms. The zero-order valence-electron chi connectivity index (χ0n) is 69.6. The van der Waals surface area contributed by atoms with E-state index in [1.165, 1.54) is 128 Å². The fourth-order valence-corrected chi connectivity index (χ4v) is 13.0. The van der Waals surface area contributed by atoms with Crippen molar-refractivity contribution in [2.24, 2.45) is 0 Å². The van der Waals surface area contributed by atoms with Crippen molar-refractivity contribution in [3.63, 3.8) is 0 Å². The molecule has 0 aliphatic heterocycles. The minimum absolute atomic E-state index is 0.0182. The number of allylic oxidation sites excluding steroid dienone is 28. The molecule has 0 amide bonds. The Kier molecular flexibility index (Phi) is 80.4. The molecule has 0 aromatic heterocycles. The molecule has 0 rings (SSSR count). The molecule has 0 bridgehead atoms. The van der Waals surface area contributed by atoms with Crippen LogP contribution in [0.2, 0.25) is 0 Å². The average molecular weight is 1590 g/mol. The summed E-state index contributed by atoms with van der Waals surface area (Å²) in [4.78, 5) is 58.8. The minimum atomic E-state index is -4.96. The lowest BCUT2D eigenvalue weighted by Gasteiger charge is -2.21. The van der Waals surface area contributed by atoms with E-state index in [4.69, 9.17) is 32.3 Å². The van der Waals surface area contributed by atoms with Crippen LogP contribution in [-0.2, 0) is 55.8 Å². The Morgan fingerprint density at radius 3 is 0.784 bits per heavy atom. The molecule has 5 atom stereocenters. The predicted octanol–water partition coefficient (Wildman–Crippen LogP) is 26.3. The first-order chi connectivity index (χ1) is 54.2. The van der Waals surface area contributed by atoms with Crippen LogP contribution in [0.3, 0.4) is 0 Å². The molecule has 0 radical (unpaired) electrons. The third-order valence-electron chi connectivity index (χ3n) is 17.9. The number of unbranched alkanes of at least 4 members (excludes halogenated alkanes) is 30. The fraction of sp³-hybridized carbons (Fsp3) is 0.667. The van der Waals surface area contributed by atoms with E-state index in [9.17, 15) is 43.5 Å². The topological polar surface area (TPSA) is 231 Å². The highest BCUT2D eigenvalue weighted by Crippen LogP contribution is 2.45. The zero-order chi connectivity index (χ0) is 80.8. The van der Waals surface area contributed by atoms with Gasteiger partial charge in [0.25, 0.3) is 0 Å². The number of phosphoric acid groups is 2. The largest absolute Gasteiger partial charge is 0.472 e. The van der Waals surface area contributed by atoms with E-state index >= 15 is 0 Å². The maximum atomic E-state index is 13.0. The Bertz CT molecular complexity index is 2700. The maximum Gasteiger partial charge on any atom is 0.472 e. The number of esters is 3. The minimum Gasteiger partial charge on any atom is -0.463 e. The molecule has 0 saturated carbocycles. The van der Waals surface area contributed by atoms with E-state index in [2.05, 4.69) is 179 Å². The molecule has 0 aliphatic rings. The number of rotatable bonds is 81. The Morgan fingerprint density at radius 1 is 0.261 bits per heavy atom. The molecule has 0 aliphatic carbocycles. The van der Waals surface area contributed by atoms with Crippen LogP contribution in [0.4, 0.5) is 0 Å². The number of ether oxygens (including phenoxy) is 3. The van der Waals surface area contributed by atoms with Crippen LogP contribution < -0.4 is 0 Å². The van der Waals surface area contributed by atoms with Crippen molar-refractivity contribution < 1.29 is 75.8 Å². The molecule has 4 N–H and O–H groups in total. The van der Waals surface area contributed by atoms with Crippen LogP contribution in [0.1, 0.15) is 342 Å². The smallest absolute Gasteiger partial charge is 0.463 e. The van der Waals surface area contributed by atoms with Gasteiger partial charge >= 0.3 is 33.6 Å². The molecular weight excluding hydrogens is 1430 g/mol. The van der Waals surface area contributed by atoms with Crippen molar-refractivity contribution in [3.8, 4) is 0 Å². The Hall–Kier alpha value is -5.09. The van der Waals surface area contributed by atoms with Gasteiger partial charge < -0.3 is 34.2 Å². The summed E-state index contributed by atoms with van der Waals surface area (Å²) in [5.41, 5.74) is 0. The molecule has 111 heavy (non-hydrogen) atoms. The van der Waals surface area contributed by atoms with Crippen LogP contribution in [-0.4, -0.2) is 95.9 Å². The number of hydrogen-bond acceptors (Lipinski definition) is 14. The number of phosphoric ester groups is 2. The summed E-state index contributed by atoms with van der Waals surface area (Å²) in [5, 5.41) is 20.7. The predicted molar refractivity (Wildman–Crippen MR) is 463 cm³/mol. The molecule has 0 saturated heterocycles. The van der Waals surface area contributed by atoms with Gasteiger partial charge in [0, 0.05) is 19.3 Å². The number of hydrogen-bond donors (Lipinski definition) is 4. The van der Waals surface area contributed by atoms with Gasteiger partial charge in [-0.05, 0) is 148 Å². The number of carbonyl (C=O) groups is 3. The highest BCUT2D eigenvalue weighted by molar-refractivity contribution is 7.47. The lowest BCUT2D eigenvalue weighted by Crippen LogP contribution is -2.30. The highest BCUT2D eigenvalue weighted by atomic mass is 31.2. The monoisotopic (exact) mass is 1590 g/mol. The van der Waals surface area contributed by atoms with E-state index in [1.54, 1.807) is 0 Å². The molecule has 0 heterocycles. The summed E-state index contributed by atoms with van der Waals surface area (Å²) in [6.45, 7) is 2.36. The van der Waals surface area contributed by atoms with Crippen molar-refractivity contribution in [2.75, 3.05) is 39.6 Å². The van der Waals surface area contributed by atoms with Crippen molar-refractivity contribution in [1.82, 2.24) is 0 Å². The quantitative estimate of drug-likeness (QED) is 0.0146. The van der Waals surface area contributed by atoms with Gasteiger partial charge in [0.1, 0.15) is 25.4 Å². The van der Waals surface area contributed by atoms with E-state index in [0.29, 0.717) is 25.7 Å². The van der Waals surface area contributed by atoms with Crippen molar-refractivity contribution in [3.05, 3.63) is 170 Å². The first kappa shape index (κ1) is 106. The Labute approximate surface area is 675 Å². The normalized spacial score (nSPS) is 14.7. The maximum absolute atomic E-state index is 13.0. The standard InChI is InChI=1S/C93H156O16P2/c1-4-7-10-13-16-19-22-25-28-31-33-35-37-38-39-40-41-42-43-44-45-46-47-48-50-52-53-56-58-61-64-67-70-73-76-79-91(96)103-82-88(94)83-105-110(99,100)106-84-89(95)85-107-111(101,102)108-87-90(109-93(98)81-78-75-72-69-66-63-60-55-30-27-24-21-18-15-12-9-6-3)86-104-92(97)80-77-74-71-68-65-62-59-57-54-51-49-36-34-32-29-26-23-20-17-14-11-8-5-2/h8-9,11-12,16-21,25-30,33-36,38-39,51,54,60,63,69,72,88-90,94-95H,4-7,10,13-15,22-24,31-32,37,40-50,52-53,55-59,61-62,64-68,70-71,73-87H2,1-3H3,(H,99,100)(H,101,102)/b11-8-,12-9-,19-16-,20-17-,21-18-,28-25-,29-26-,30-27-,35-33-,36-34-,39-38-,54-51-,63-60-,72-69-. The molecule has 634 valence electrons. The SMILES string of the molecule is CC/C=C\C/C=C\C/C=C\C/C=C\C/C=C\CCCCCCCCCC(=O)OCC(COP(=O)(O)OCC(O)COP(=O)(O)OCC(O)COC(=O)CCCCCCCCCCCCCCCCCCCCC/C=C\C/C=C\C/C=C\C/C=C\CCCCC)OC(=O)CCC/C=C\C/C=C\C/C=C\C/C=C\C/C=C\CC. The lowest BCUT2D eigenvalue weighted by molar-refractivity contribution is -0.161. The van der Waals surface area contributed by atoms with E-state index < -0.39 is 91.5 Å². The highest BCUT2D eigenvalue weighted by Gasteiger charge is 2.29. The molecule has 0 aromatic rings. The lowest BCUT2D eigenvalue weighted by atomic mass is 10.0. The zero-order valence-corrected chi connectivity index (χ0v) is 71.4. The molecule has 0 aromatic carbocycles.